The Morgan fingerprint density at radius 1 is 1.39 bits per heavy atom. The molecule has 0 spiro atoms. The Kier molecular flexibility index (Phi) is 5.36. The number of amides is 1. The summed E-state index contributed by atoms with van der Waals surface area (Å²) < 4.78 is 0. The van der Waals surface area contributed by atoms with Gasteiger partial charge in [-0.2, -0.15) is 0 Å². The number of rotatable bonds is 6. The molecule has 1 aromatic rings. The van der Waals surface area contributed by atoms with Crippen molar-refractivity contribution < 1.29 is 9.72 Å². The number of anilines is 1. The number of nitro groups is 1. The van der Waals surface area contributed by atoms with Crippen LogP contribution in [0.2, 0.25) is 0 Å². The van der Waals surface area contributed by atoms with Gasteiger partial charge in [-0.3, -0.25) is 14.9 Å². The molecule has 1 fully saturated rings. The lowest BCUT2D eigenvalue weighted by Gasteiger charge is -2.25. The van der Waals surface area contributed by atoms with Gasteiger partial charge in [-0.15, -0.1) is 0 Å². The molecule has 0 bridgehead atoms. The highest BCUT2D eigenvalue weighted by atomic mass is 16.6. The van der Waals surface area contributed by atoms with Gasteiger partial charge in [0.2, 0.25) is 0 Å². The predicted octanol–water partition coefficient (Wildman–Crippen LogP) is 3.23. The molecule has 0 aliphatic carbocycles. The average Bonchev–Trinajstić information content (AvgIpc) is 3.05. The molecule has 0 atom stereocenters. The van der Waals surface area contributed by atoms with Gasteiger partial charge in [0.05, 0.1) is 16.2 Å². The number of hydrogen-bond donors (Lipinski definition) is 0. The highest BCUT2D eigenvalue weighted by Crippen LogP contribution is 2.29. The SMILES string of the molecule is C=C(C)CN(CC)C(=O)c1cc([N+](=O)[O-])ccc1N1CCCC1. The van der Waals surface area contributed by atoms with Gasteiger partial charge in [0, 0.05) is 38.3 Å². The Morgan fingerprint density at radius 3 is 2.57 bits per heavy atom. The summed E-state index contributed by atoms with van der Waals surface area (Å²) in [6.07, 6.45) is 2.15. The van der Waals surface area contributed by atoms with E-state index >= 15 is 0 Å². The van der Waals surface area contributed by atoms with Crippen LogP contribution in [0.25, 0.3) is 0 Å². The van der Waals surface area contributed by atoms with Crippen molar-refractivity contribution in [3.63, 3.8) is 0 Å². The summed E-state index contributed by atoms with van der Waals surface area (Å²) in [6.45, 7) is 10.4. The largest absolute Gasteiger partial charge is 0.371 e. The van der Waals surface area contributed by atoms with E-state index in [9.17, 15) is 14.9 Å². The lowest BCUT2D eigenvalue weighted by molar-refractivity contribution is -0.384. The molecule has 1 aromatic carbocycles. The number of benzene rings is 1. The highest BCUT2D eigenvalue weighted by molar-refractivity contribution is 6.00. The van der Waals surface area contributed by atoms with Crippen molar-refractivity contribution >= 4 is 17.3 Å². The second-order valence-corrected chi connectivity index (χ2v) is 5.93. The zero-order valence-corrected chi connectivity index (χ0v) is 13.7. The van der Waals surface area contributed by atoms with Gasteiger partial charge < -0.3 is 9.80 Å². The lowest BCUT2D eigenvalue weighted by Crippen LogP contribution is -2.33. The molecule has 0 radical (unpaired) electrons. The van der Waals surface area contributed by atoms with E-state index in [1.54, 1.807) is 11.0 Å². The van der Waals surface area contributed by atoms with E-state index in [-0.39, 0.29) is 11.6 Å². The van der Waals surface area contributed by atoms with Crippen molar-refractivity contribution in [2.45, 2.75) is 26.7 Å². The number of non-ortho nitro benzene ring substituents is 1. The van der Waals surface area contributed by atoms with Gasteiger partial charge in [-0.1, -0.05) is 12.2 Å². The monoisotopic (exact) mass is 317 g/mol. The normalized spacial score (nSPS) is 13.9. The van der Waals surface area contributed by atoms with E-state index in [1.807, 2.05) is 13.8 Å². The molecule has 6 nitrogen and oxygen atoms in total. The van der Waals surface area contributed by atoms with E-state index in [4.69, 9.17) is 0 Å². The molecule has 2 rings (SSSR count). The molecular formula is C17H23N3O3. The predicted molar refractivity (Wildman–Crippen MR) is 90.9 cm³/mol. The fourth-order valence-electron chi connectivity index (χ4n) is 2.87. The third-order valence-corrected chi connectivity index (χ3v) is 4.00. The van der Waals surface area contributed by atoms with E-state index < -0.39 is 4.92 Å². The first-order chi connectivity index (χ1) is 10.9. The van der Waals surface area contributed by atoms with Crippen molar-refractivity contribution in [1.29, 1.82) is 0 Å². The Morgan fingerprint density at radius 2 is 2.04 bits per heavy atom. The summed E-state index contributed by atoms with van der Waals surface area (Å²) in [6, 6.07) is 4.57. The number of likely N-dealkylation sites (N-methyl/N-ethyl adjacent to an activating group) is 1. The molecule has 0 N–H and O–H groups in total. The molecule has 6 heteroatoms. The Balaban J connectivity index is 2.43. The molecule has 0 unspecified atom stereocenters. The first-order valence-electron chi connectivity index (χ1n) is 7.91. The van der Waals surface area contributed by atoms with Crippen LogP contribution in [0.15, 0.2) is 30.4 Å². The first kappa shape index (κ1) is 17.0. The summed E-state index contributed by atoms with van der Waals surface area (Å²) in [5, 5.41) is 11.1. The molecule has 0 saturated carbocycles. The summed E-state index contributed by atoms with van der Waals surface area (Å²) in [5.41, 5.74) is 2.03. The topological polar surface area (TPSA) is 66.7 Å². The van der Waals surface area contributed by atoms with Gasteiger partial charge in [-0.05, 0) is 32.8 Å². The van der Waals surface area contributed by atoms with Crippen LogP contribution in [0, 0.1) is 10.1 Å². The second kappa shape index (κ2) is 7.26. The smallest absolute Gasteiger partial charge is 0.270 e. The van der Waals surface area contributed by atoms with Gasteiger partial charge in [0.15, 0.2) is 0 Å². The van der Waals surface area contributed by atoms with E-state index in [2.05, 4.69) is 11.5 Å². The van der Waals surface area contributed by atoms with E-state index in [1.165, 1.54) is 12.1 Å². The molecule has 1 saturated heterocycles. The Hall–Kier alpha value is -2.37. The number of carbonyl (C=O) groups excluding carboxylic acids is 1. The third-order valence-electron chi connectivity index (χ3n) is 4.00. The summed E-state index contributed by atoms with van der Waals surface area (Å²) >= 11 is 0. The molecule has 1 aliphatic heterocycles. The Bertz CT molecular complexity index is 622. The zero-order chi connectivity index (χ0) is 17.0. The molecule has 124 valence electrons. The van der Waals surface area contributed by atoms with Crippen LogP contribution in [0.4, 0.5) is 11.4 Å². The minimum atomic E-state index is -0.459. The summed E-state index contributed by atoms with van der Waals surface area (Å²) in [4.78, 5) is 27.3. The van der Waals surface area contributed by atoms with Crippen LogP contribution in [0.1, 0.15) is 37.0 Å². The van der Waals surface area contributed by atoms with Crippen molar-refractivity contribution in [3.8, 4) is 0 Å². The summed E-state index contributed by atoms with van der Waals surface area (Å²) in [5.74, 6) is -0.180. The minimum absolute atomic E-state index is 0.0531. The highest BCUT2D eigenvalue weighted by Gasteiger charge is 2.25. The van der Waals surface area contributed by atoms with Crippen LogP contribution in [0.5, 0.6) is 0 Å². The van der Waals surface area contributed by atoms with E-state index in [0.717, 1.165) is 37.2 Å². The van der Waals surface area contributed by atoms with Crippen LogP contribution in [-0.4, -0.2) is 41.9 Å². The molecule has 0 aromatic heterocycles. The van der Waals surface area contributed by atoms with Crippen LogP contribution in [-0.2, 0) is 0 Å². The van der Waals surface area contributed by atoms with Gasteiger partial charge in [-0.25, -0.2) is 0 Å². The summed E-state index contributed by atoms with van der Waals surface area (Å²) in [7, 11) is 0. The number of carbonyl (C=O) groups is 1. The maximum atomic E-state index is 12.9. The van der Waals surface area contributed by atoms with Crippen molar-refractivity contribution in [2.75, 3.05) is 31.1 Å². The number of nitrogens with zero attached hydrogens (tertiary/aromatic N) is 3. The lowest BCUT2D eigenvalue weighted by atomic mass is 10.1. The van der Waals surface area contributed by atoms with Crippen molar-refractivity contribution in [2.24, 2.45) is 0 Å². The van der Waals surface area contributed by atoms with Gasteiger partial charge >= 0.3 is 0 Å². The molecule has 1 amide bonds. The van der Waals surface area contributed by atoms with Gasteiger partial charge in [0.25, 0.3) is 11.6 Å². The van der Waals surface area contributed by atoms with Crippen LogP contribution < -0.4 is 4.90 Å². The molecule has 1 aliphatic rings. The third kappa shape index (κ3) is 3.88. The first-order valence-corrected chi connectivity index (χ1v) is 7.91. The quantitative estimate of drug-likeness (QED) is 0.459. The van der Waals surface area contributed by atoms with Gasteiger partial charge in [0.1, 0.15) is 0 Å². The molecule has 1 heterocycles. The number of hydrogen-bond acceptors (Lipinski definition) is 4. The Labute approximate surface area is 136 Å². The molecular weight excluding hydrogens is 294 g/mol. The molecule has 23 heavy (non-hydrogen) atoms. The standard InChI is InChI=1S/C17H23N3O3/c1-4-18(12-13(2)3)17(21)15-11-14(20(22)23)7-8-16(15)19-9-5-6-10-19/h7-8,11H,2,4-6,9-10,12H2,1,3H3. The second-order valence-electron chi connectivity index (χ2n) is 5.93. The maximum Gasteiger partial charge on any atom is 0.270 e. The van der Waals surface area contributed by atoms with E-state index in [0.29, 0.717) is 18.7 Å². The van der Waals surface area contributed by atoms with Crippen LogP contribution >= 0.6 is 0 Å². The fraction of sp³-hybridized carbons (Fsp3) is 0.471. The maximum absolute atomic E-state index is 12.9. The zero-order valence-electron chi connectivity index (χ0n) is 13.7. The fourth-order valence-corrected chi connectivity index (χ4v) is 2.87. The minimum Gasteiger partial charge on any atom is -0.371 e. The van der Waals surface area contributed by atoms with Crippen molar-refractivity contribution in [1.82, 2.24) is 4.90 Å². The van der Waals surface area contributed by atoms with Crippen LogP contribution in [0.3, 0.4) is 0 Å². The average molecular weight is 317 g/mol. The van der Waals surface area contributed by atoms with Crippen molar-refractivity contribution in [3.05, 3.63) is 46.0 Å². The number of nitro benzene ring substituents is 1.